The minimum Gasteiger partial charge on any atom is -0.289 e. The van der Waals surface area contributed by atoms with E-state index >= 15 is 0 Å². The monoisotopic (exact) mass is 187 g/mol. The van der Waals surface area contributed by atoms with E-state index in [1.165, 1.54) is 0 Å². The molecule has 0 aliphatic heterocycles. The van der Waals surface area contributed by atoms with Crippen molar-refractivity contribution < 1.29 is 0 Å². The molecule has 1 aromatic carbocycles. The van der Waals surface area contributed by atoms with Crippen LogP contribution in [-0.4, -0.2) is 12.3 Å². The van der Waals surface area contributed by atoms with E-state index in [1.54, 1.807) is 0 Å². The highest BCUT2D eigenvalue weighted by Gasteiger charge is 1.98. The zero-order valence-corrected chi connectivity index (χ0v) is 8.69. The van der Waals surface area contributed by atoms with Crippen molar-refractivity contribution in [3.8, 4) is 0 Å². The fraction of sp³-hybridized carbons (Fsp3) is 0.308. The first-order valence-corrected chi connectivity index (χ1v) is 5.06. The first-order valence-electron chi connectivity index (χ1n) is 5.06. The highest BCUT2D eigenvalue weighted by atomic mass is 14.8. The minimum atomic E-state index is 0.382. The summed E-state index contributed by atoms with van der Waals surface area (Å²) in [5.74, 6) is 0. The lowest BCUT2D eigenvalue weighted by Crippen LogP contribution is -2.00. The second-order valence-corrected chi connectivity index (χ2v) is 3.28. The average molecular weight is 187 g/mol. The van der Waals surface area contributed by atoms with Crippen molar-refractivity contribution in [1.82, 2.24) is 0 Å². The van der Waals surface area contributed by atoms with Gasteiger partial charge in [0.25, 0.3) is 0 Å². The van der Waals surface area contributed by atoms with Crippen molar-refractivity contribution in [3.63, 3.8) is 0 Å². The summed E-state index contributed by atoms with van der Waals surface area (Å²) >= 11 is 0. The molecule has 1 nitrogen and oxygen atoms in total. The quantitative estimate of drug-likeness (QED) is 0.494. The third-order valence-corrected chi connectivity index (χ3v) is 2.14. The smallest absolute Gasteiger partial charge is 0.0531 e. The lowest BCUT2D eigenvalue weighted by Gasteiger charge is -2.05. The molecule has 1 rings (SSSR count). The van der Waals surface area contributed by atoms with Gasteiger partial charge in [-0.2, -0.15) is 0 Å². The Morgan fingerprint density at radius 2 is 2.07 bits per heavy atom. The van der Waals surface area contributed by atoms with E-state index in [9.17, 15) is 0 Å². The molecule has 0 heterocycles. The van der Waals surface area contributed by atoms with Crippen LogP contribution in [0, 0.1) is 0 Å². The Bertz CT molecular complexity index is 287. The summed E-state index contributed by atoms with van der Waals surface area (Å²) in [4.78, 5) is 4.51. The summed E-state index contributed by atoms with van der Waals surface area (Å²) in [5.41, 5.74) is 1.16. The molecule has 0 spiro atoms. The molecule has 0 N–H and O–H groups in total. The van der Waals surface area contributed by atoms with Gasteiger partial charge >= 0.3 is 0 Å². The Kier molecular flexibility index (Phi) is 4.70. The van der Waals surface area contributed by atoms with Gasteiger partial charge in [0.2, 0.25) is 0 Å². The summed E-state index contributed by atoms with van der Waals surface area (Å²) in [5, 5.41) is 0. The SMILES string of the molecule is C=CC[C@@H](CC)N=Cc1ccccc1. The van der Waals surface area contributed by atoms with Crippen LogP contribution in [0.3, 0.4) is 0 Å². The molecule has 1 atom stereocenters. The van der Waals surface area contributed by atoms with Crippen molar-refractivity contribution in [2.24, 2.45) is 4.99 Å². The van der Waals surface area contributed by atoms with Crippen molar-refractivity contribution in [3.05, 3.63) is 48.6 Å². The second-order valence-electron chi connectivity index (χ2n) is 3.28. The van der Waals surface area contributed by atoms with Crippen LogP contribution >= 0.6 is 0 Å². The standard InChI is InChI=1S/C13H17N/c1-3-8-13(4-2)14-11-12-9-6-5-7-10-12/h3,5-7,9-11,13H,1,4,8H2,2H3/t13-/m1/s1. The molecule has 0 saturated carbocycles. The summed E-state index contributed by atoms with van der Waals surface area (Å²) in [6.07, 6.45) is 5.89. The normalized spacial score (nSPS) is 12.9. The number of hydrogen-bond acceptors (Lipinski definition) is 1. The Labute approximate surface area is 86.2 Å². The van der Waals surface area contributed by atoms with Crippen LogP contribution < -0.4 is 0 Å². The highest BCUT2D eigenvalue weighted by molar-refractivity contribution is 5.79. The summed E-state index contributed by atoms with van der Waals surface area (Å²) in [6.45, 7) is 5.88. The fourth-order valence-electron chi connectivity index (χ4n) is 1.26. The van der Waals surface area contributed by atoms with Gasteiger partial charge in [-0.1, -0.05) is 43.3 Å². The van der Waals surface area contributed by atoms with Crippen LogP contribution in [0.4, 0.5) is 0 Å². The fourth-order valence-corrected chi connectivity index (χ4v) is 1.26. The van der Waals surface area contributed by atoms with E-state index in [0.717, 1.165) is 18.4 Å². The first kappa shape index (κ1) is 10.7. The van der Waals surface area contributed by atoms with Crippen LogP contribution in [0.25, 0.3) is 0 Å². The van der Waals surface area contributed by atoms with Crippen molar-refractivity contribution in [2.75, 3.05) is 0 Å². The maximum atomic E-state index is 4.51. The van der Waals surface area contributed by atoms with Crippen LogP contribution in [0.2, 0.25) is 0 Å². The average Bonchev–Trinajstić information content (AvgIpc) is 2.25. The molecule has 0 saturated heterocycles. The molecule has 0 radical (unpaired) electrons. The van der Waals surface area contributed by atoms with E-state index in [1.807, 2.05) is 30.5 Å². The van der Waals surface area contributed by atoms with Crippen molar-refractivity contribution in [1.29, 1.82) is 0 Å². The van der Waals surface area contributed by atoms with Gasteiger partial charge in [0.1, 0.15) is 0 Å². The number of hydrogen-bond donors (Lipinski definition) is 0. The Morgan fingerprint density at radius 1 is 1.36 bits per heavy atom. The third kappa shape index (κ3) is 3.56. The topological polar surface area (TPSA) is 12.4 Å². The lowest BCUT2D eigenvalue weighted by atomic mass is 10.1. The van der Waals surface area contributed by atoms with Crippen molar-refractivity contribution >= 4 is 6.21 Å². The van der Waals surface area contributed by atoms with Gasteiger partial charge in [-0.05, 0) is 18.4 Å². The highest BCUT2D eigenvalue weighted by Crippen LogP contribution is 2.04. The van der Waals surface area contributed by atoms with Gasteiger partial charge < -0.3 is 0 Å². The molecule has 0 aromatic heterocycles. The number of rotatable bonds is 5. The zero-order valence-electron chi connectivity index (χ0n) is 8.69. The van der Waals surface area contributed by atoms with Crippen LogP contribution in [0.1, 0.15) is 25.3 Å². The van der Waals surface area contributed by atoms with Gasteiger partial charge in [0, 0.05) is 6.21 Å². The van der Waals surface area contributed by atoms with Crippen molar-refractivity contribution in [2.45, 2.75) is 25.8 Å². The van der Waals surface area contributed by atoms with Crippen LogP contribution in [-0.2, 0) is 0 Å². The Morgan fingerprint density at radius 3 is 2.64 bits per heavy atom. The molecular weight excluding hydrogens is 170 g/mol. The van der Waals surface area contributed by atoms with Crippen LogP contribution in [0.15, 0.2) is 48.0 Å². The number of aliphatic imine (C=N–C) groups is 1. The molecule has 0 amide bonds. The molecular formula is C13H17N. The maximum absolute atomic E-state index is 4.51. The second kappa shape index (κ2) is 6.14. The van der Waals surface area contributed by atoms with Gasteiger partial charge in [-0.3, -0.25) is 4.99 Å². The van der Waals surface area contributed by atoms with Gasteiger partial charge in [-0.15, -0.1) is 6.58 Å². The predicted molar refractivity (Wildman–Crippen MR) is 62.9 cm³/mol. The van der Waals surface area contributed by atoms with Gasteiger partial charge in [0.05, 0.1) is 6.04 Å². The number of benzene rings is 1. The van der Waals surface area contributed by atoms with E-state index < -0.39 is 0 Å². The zero-order chi connectivity index (χ0) is 10.2. The first-order chi connectivity index (χ1) is 6.86. The summed E-state index contributed by atoms with van der Waals surface area (Å²) in [7, 11) is 0. The lowest BCUT2D eigenvalue weighted by molar-refractivity contribution is 0.665. The van der Waals surface area contributed by atoms with Gasteiger partial charge in [0.15, 0.2) is 0 Å². The van der Waals surface area contributed by atoms with Crippen LogP contribution in [0.5, 0.6) is 0 Å². The molecule has 0 aliphatic carbocycles. The predicted octanol–water partition coefficient (Wildman–Crippen LogP) is 3.46. The molecule has 0 aliphatic rings. The maximum Gasteiger partial charge on any atom is 0.0531 e. The summed E-state index contributed by atoms with van der Waals surface area (Å²) < 4.78 is 0. The molecule has 0 unspecified atom stereocenters. The van der Waals surface area contributed by atoms with E-state index in [0.29, 0.717) is 6.04 Å². The molecule has 0 fully saturated rings. The molecule has 74 valence electrons. The Hall–Kier alpha value is -1.37. The minimum absolute atomic E-state index is 0.382. The Balaban J connectivity index is 2.57. The largest absolute Gasteiger partial charge is 0.289 e. The van der Waals surface area contributed by atoms with Gasteiger partial charge in [-0.25, -0.2) is 0 Å². The molecule has 14 heavy (non-hydrogen) atoms. The number of nitrogens with zero attached hydrogens (tertiary/aromatic N) is 1. The summed E-state index contributed by atoms with van der Waals surface area (Å²) in [6, 6.07) is 10.6. The molecule has 1 heteroatoms. The van der Waals surface area contributed by atoms with E-state index in [4.69, 9.17) is 0 Å². The molecule has 1 aromatic rings. The molecule has 0 bridgehead atoms. The van der Waals surface area contributed by atoms with E-state index in [-0.39, 0.29) is 0 Å². The van der Waals surface area contributed by atoms with E-state index in [2.05, 4.69) is 30.6 Å². The third-order valence-electron chi connectivity index (χ3n) is 2.14.